The van der Waals surface area contributed by atoms with Crippen molar-refractivity contribution >= 4 is 0 Å². The number of imidazole rings is 1. The summed E-state index contributed by atoms with van der Waals surface area (Å²) in [6, 6.07) is 2.58. The minimum Gasteiger partial charge on any atom is -0.481 e. The van der Waals surface area contributed by atoms with E-state index < -0.39 is 11.6 Å². The molecule has 2 aromatic rings. The highest BCUT2D eigenvalue weighted by molar-refractivity contribution is 5.31. The SMILES string of the molecule is CCNCc1cc(F)c(OCc2cncn2CC)c(F)c1. The Morgan fingerprint density at radius 2 is 1.95 bits per heavy atom. The number of nitrogens with one attached hydrogen (secondary N) is 1. The van der Waals surface area contributed by atoms with Crippen molar-refractivity contribution in [3.05, 3.63) is 47.5 Å². The number of hydrogen-bond acceptors (Lipinski definition) is 3. The van der Waals surface area contributed by atoms with Crippen LogP contribution in [0.5, 0.6) is 5.75 Å². The smallest absolute Gasteiger partial charge is 0.191 e. The average Bonchev–Trinajstić information content (AvgIpc) is 2.91. The molecular weight excluding hydrogens is 276 g/mol. The number of ether oxygens (including phenoxy) is 1. The molecule has 0 amide bonds. The maximum Gasteiger partial charge on any atom is 0.191 e. The highest BCUT2D eigenvalue weighted by Crippen LogP contribution is 2.24. The summed E-state index contributed by atoms with van der Waals surface area (Å²) in [5.74, 6) is -1.73. The normalized spacial score (nSPS) is 10.9. The lowest BCUT2D eigenvalue weighted by Gasteiger charge is -2.11. The first-order valence-electron chi connectivity index (χ1n) is 6.96. The fourth-order valence-electron chi connectivity index (χ4n) is 2.02. The Bertz CT molecular complexity index is 575. The van der Waals surface area contributed by atoms with E-state index in [0.717, 1.165) is 18.8 Å². The van der Waals surface area contributed by atoms with Crippen molar-refractivity contribution in [1.82, 2.24) is 14.9 Å². The number of rotatable bonds is 7. The third kappa shape index (κ3) is 3.78. The van der Waals surface area contributed by atoms with E-state index in [2.05, 4.69) is 10.3 Å². The van der Waals surface area contributed by atoms with E-state index in [4.69, 9.17) is 4.74 Å². The summed E-state index contributed by atoms with van der Waals surface area (Å²) < 4.78 is 35.0. The second kappa shape index (κ2) is 7.17. The largest absolute Gasteiger partial charge is 0.481 e. The van der Waals surface area contributed by atoms with Crippen molar-refractivity contribution in [2.45, 2.75) is 33.5 Å². The fraction of sp³-hybridized carbons (Fsp3) is 0.400. The molecular formula is C15H19F2N3O. The van der Waals surface area contributed by atoms with Crippen LogP contribution in [0.25, 0.3) is 0 Å². The fourth-order valence-corrected chi connectivity index (χ4v) is 2.02. The minimum absolute atomic E-state index is 0.0776. The molecule has 0 radical (unpaired) electrons. The van der Waals surface area contributed by atoms with E-state index in [1.54, 1.807) is 12.5 Å². The number of nitrogens with zero attached hydrogens (tertiary/aromatic N) is 2. The number of aromatic nitrogens is 2. The van der Waals surface area contributed by atoms with Gasteiger partial charge in [-0.15, -0.1) is 0 Å². The van der Waals surface area contributed by atoms with Crippen molar-refractivity contribution in [1.29, 1.82) is 0 Å². The van der Waals surface area contributed by atoms with E-state index in [-0.39, 0.29) is 12.4 Å². The first kappa shape index (κ1) is 15.4. The lowest BCUT2D eigenvalue weighted by Crippen LogP contribution is -2.12. The molecule has 0 bridgehead atoms. The minimum atomic E-state index is -0.689. The Morgan fingerprint density at radius 3 is 2.57 bits per heavy atom. The molecule has 0 aliphatic heterocycles. The second-order valence-electron chi connectivity index (χ2n) is 4.63. The third-order valence-corrected chi connectivity index (χ3v) is 3.14. The summed E-state index contributed by atoms with van der Waals surface area (Å²) in [7, 11) is 0. The summed E-state index contributed by atoms with van der Waals surface area (Å²) in [4.78, 5) is 3.99. The van der Waals surface area contributed by atoms with E-state index in [1.165, 1.54) is 12.1 Å². The molecule has 1 aromatic carbocycles. The van der Waals surface area contributed by atoms with Crippen LogP contribution >= 0.6 is 0 Å². The molecule has 2 rings (SSSR count). The molecule has 0 saturated heterocycles. The average molecular weight is 295 g/mol. The van der Waals surface area contributed by atoms with Gasteiger partial charge in [0.1, 0.15) is 6.61 Å². The Kier molecular flexibility index (Phi) is 5.27. The van der Waals surface area contributed by atoms with E-state index >= 15 is 0 Å². The van der Waals surface area contributed by atoms with Gasteiger partial charge < -0.3 is 14.6 Å². The topological polar surface area (TPSA) is 39.1 Å². The van der Waals surface area contributed by atoms with Gasteiger partial charge in [0, 0.05) is 13.1 Å². The van der Waals surface area contributed by atoms with Gasteiger partial charge in [0.2, 0.25) is 0 Å². The van der Waals surface area contributed by atoms with Crippen LogP contribution in [0, 0.1) is 11.6 Å². The molecule has 0 saturated carbocycles. The lowest BCUT2D eigenvalue weighted by atomic mass is 10.2. The summed E-state index contributed by atoms with van der Waals surface area (Å²) in [6.07, 6.45) is 3.28. The van der Waals surface area contributed by atoms with Gasteiger partial charge in [-0.1, -0.05) is 6.92 Å². The highest BCUT2D eigenvalue weighted by Gasteiger charge is 2.13. The zero-order chi connectivity index (χ0) is 15.2. The summed E-state index contributed by atoms with van der Waals surface area (Å²) in [5, 5.41) is 3.02. The Balaban J connectivity index is 2.09. The van der Waals surface area contributed by atoms with Crippen molar-refractivity contribution in [3.8, 4) is 5.75 Å². The van der Waals surface area contributed by atoms with E-state index in [9.17, 15) is 8.78 Å². The predicted octanol–water partition coefficient (Wildman–Crippen LogP) is 2.87. The Morgan fingerprint density at radius 1 is 1.24 bits per heavy atom. The van der Waals surface area contributed by atoms with Gasteiger partial charge >= 0.3 is 0 Å². The van der Waals surface area contributed by atoms with Crippen molar-refractivity contribution in [2.24, 2.45) is 0 Å². The first-order valence-corrected chi connectivity index (χ1v) is 6.96. The third-order valence-electron chi connectivity index (χ3n) is 3.14. The second-order valence-corrected chi connectivity index (χ2v) is 4.63. The van der Waals surface area contributed by atoms with Gasteiger partial charge in [-0.3, -0.25) is 0 Å². The summed E-state index contributed by atoms with van der Waals surface area (Å²) in [6.45, 7) is 5.86. The van der Waals surface area contributed by atoms with Gasteiger partial charge in [0.05, 0.1) is 18.2 Å². The monoisotopic (exact) mass is 295 g/mol. The zero-order valence-electron chi connectivity index (χ0n) is 12.2. The van der Waals surface area contributed by atoms with Crippen LogP contribution < -0.4 is 10.1 Å². The van der Waals surface area contributed by atoms with Gasteiger partial charge in [-0.2, -0.15) is 0 Å². The zero-order valence-corrected chi connectivity index (χ0v) is 12.2. The lowest BCUT2D eigenvalue weighted by molar-refractivity contribution is 0.265. The molecule has 114 valence electrons. The van der Waals surface area contributed by atoms with E-state index in [0.29, 0.717) is 12.1 Å². The van der Waals surface area contributed by atoms with Crippen molar-refractivity contribution in [2.75, 3.05) is 6.54 Å². The van der Waals surface area contributed by atoms with Gasteiger partial charge in [-0.05, 0) is 31.2 Å². The molecule has 0 aliphatic carbocycles. The Hall–Kier alpha value is -1.95. The first-order chi connectivity index (χ1) is 10.2. The maximum absolute atomic E-state index is 13.9. The van der Waals surface area contributed by atoms with Crippen LogP contribution in [0.4, 0.5) is 8.78 Å². The van der Waals surface area contributed by atoms with E-state index in [1.807, 2.05) is 18.4 Å². The van der Waals surface area contributed by atoms with Gasteiger partial charge in [0.15, 0.2) is 17.4 Å². The van der Waals surface area contributed by atoms with Crippen LogP contribution in [0.1, 0.15) is 25.1 Å². The molecule has 0 fully saturated rings. The maximum atomic E-state index is 13.9. The molecule has 0 spiro atoms. The molecule has 6 heteroatoms. The molecule has 0 atom stereocenters. The predicted molar refractivity (Wildman–Crippen MR) is 76.0 cm³/mol. The number of benzene rings is 1. The van der Waals surface area contributed by atoms with Crippen LogP contribution in [-0.2, 0) is 19.7 Å². The molecule has 0 unspecified atom stereocenters. The van der Waals surface area contributed by atoms with Crippen molar-refractivity contribution in [3.63, 3.8) is 0 Å². The highest BCUT2D eigenvalue weighted by atomic mass is 19.1. The molecule has 21 heavy (non-hydrogen) atoms. The van der Waals surface area contributed by atoms with Crippen LogP contribution in [0.3, 0.4) is 0 Å². The molecule has 0 aliphatic rings. The summed E-state index contributed by atoms with van der Waals surface area (Å²) >= 11 is 0. The number of aryl methyl sites for hydroxylation is 1. The number of hydrogen-bond donors (Lipinski definition) is 1. The molecule has 4 nitrogen and oxygen atoms in total. The molecule has 1 aromatic heterocycles. The number of halogens is 2. The van der Waals surface area contributed by atoms with Gasteiger partial charge in [0.25, 0.3) is 0 Å². The van der Waals surface area contributed by atoms with Crippen molar-refractivity contribution < 1.29 is 13.5 Å². The van der Waals surface area contributed by atoms with Crippen LogP contribution in [0.2, 0.25) is 0 Å². The Labute approximate surface area is 122 Å². The summed E-state index contributed by atoms with van der Waals surface area (Å²) in [5.41, 5.74) is 1.32. The standard InChI is InChI=1S/C15H19F2N3O/c1-3-18-7-11-5-13(16)15(14(17)6-11)21-9-12-8-19-10-20(12)4-2/h5-6,8,10,18H,3-4,7,9H2,1-2H3. The van der Waals surface area contributed by atoms with Gasteiger partial charge in [-0.25, -0.2) is 13.8 Å². The quantitative estimate of drug-likeness (QED) is 0.853. The van der Waals surface area contributed by atoms with Crippen LogP contribution in [0.15, 0.2) is 24.7 Å². The van der Waals surface area contributed by atoms with Crippen LogP contribution in [-0.4, -0.2) is 16.1 Å². The molecule has 1 heterocycles. The molecule has 1 N–H and O–H groups in total.